The van der Waals surface area contributed by atoms with Crippen molar-refractivity contribution in [1.29, 1.82) is 0 Å². The van der Waals surface area contributed by atoms with Crippen LogP contribution < -0.4 is 5.32 Å². The lowest BCUT2D eigenvalue weighted by Crippen LogP contribution is -2.02. The zero-order valence-electron chi connectivity index (χ0n) is 10.2. The highest BCUT2D eigenvalue weighted by molar-refractivity contribution is 9.10. The molecule has 0 aliphatic heterocycles. The molecule has 1 aromatic carbocycles. The SMILES string of the molecule is Oc1ccc(NCc2cnc3cnc(Br)cn23)cc1Cl. The molecule has 20 heavy (non-hydrogen) atoms. The van der Waals surface area contributed by atoms with Crippen LogP contribution in [-0.2, 0) is 6.54 Å². The summed E-state index contributed by atoms with van der Waals surface area (Å²) in [5.41, 5.74) is 2.61. The molecule has 0 aliphatic carbocycles. The first-order chi connectivity index (χ1) is 9.63. The third-order valence-electron chi connectivity index (χ3n) is 2.86. The monoisotopic (exact) mass is 352 g/mol. The molecule has 0 aliphatic rings. The molecule has 3 rings (SSSR count). The van der Waals surface area contributed by atoms with Gasteiger partial charge in [0.1, 0.15) is 10.4 Å². The van der Waals surface area contributed by atoms with Crippen LogP contribution >= 0.6 is 27.5 Å². The van der Waals surface area contributed by atoms with Gasteiger partial charge in [-0.15, -0.1) is 0 Å². The molecule has 2 aromatic heterocycles. The van der Waals surface area contributed by atoms with Crippen LogP contribution in [0.15, 0.2) is 41.4 Å². The number of imidazole rings is 1. The minimum Gasteiger partial charge on any atom is -0.506 e. The van der Waals surface area contributed by atoms with E-state index in [1.54, 1.807) is 30.6 Å². The quantitative estimate of drug-likeness (QED) is 0.708. The van der Waals surface area contributed by atoms with Crippen LogP contribution in [0.2, 0.25) is 5.02 Å². The number of phenols is 1. The summed E-state index contributed by atoms with van der Waals surface area (Å²) < 4.78 is 2.70. The zero-order valence-corrected chi connectivity index (χ0v) is 12.6. The fraction of sp³-hybridized carbons (Fsp3) is 0.0769. The molecule has 7 heteroatoms. The van der Waals surface area contributed by atoms with E-state index in [-0.39, 0.29) is 5.75 Å². The Morgan fingerprint density at radius 1 is 1.30 bits per heavy atom. The molecule has 0 fully saturated rings. The molecular formula is C13H10BrClN4O. The van der Waals surface area contributed by atoms with Crippen molar-refractivity contribution in [3.8, 4) is 5.75 Å². The number of nitrogens with zero attached hydrogens (tertiary/aromatic N) is 3. The smallest absolute Gasteiger partial charge is 0.155 e. The molecule has 0 amide bonds. The van der Waals surface area contributed by atoms with Crippen molar-refractivity contribution in [3.63, 3.8) is 0 Å². The van der Waals surface area contributed by atoms with E-state index in [0.717, 1.165) is 21.6 Å². The maximum Gasteiger partial charge on any atom is 0.155 e. The first-order valence-electron chi connectivity index (χ1n) is 5.83. The summed E-state index contributed by atoms with van der Waals surface area (Å²) in [6.07, 6.45) is 5.35. The van der Waals surface area contributed by atoms with E-state index in [9.17, 15) is 5.11 Å². The highest BCUT2D eigenvalue weighted by atomic mass is 79.9. The maximum absolute atomic E-state index is 9.38. The van der Waals surface area contributed by atoms with Crippen molar-refractivity contribution >= 4 is 38.9 Å². The summed E-state index contributed by atoms with van der Waals surface area (Å²) in [5.74, 6) is 0.0713. The summed E-state index contributed by atoms with van der Waals surface area (Å²) in [4.78, 5) is 8.41. The summed E-state index contributed by atoms with van der Waals surface area (Å²) in [7, 11) is 0. The average Bonchev–Trinajstić information content (AvgIpc) is 2.82. The number of hydrogen-bond acceptors (Lipinski definition) is 4. The average molecular weight is 354 g/mol. The molecule has 0 spiro atoms. The third-order valence-corrected chi connectivity index (χ3v) is 3.57. The molecule has 0 unspecified atom stereocenters. The molecule has 102 valence electrons. The number of anilines is 1. The second kappa shape index (κ2) is 5.30. The van der Waals surface area contributed by atoms with Gasteiger partial charge in [-0.05, 0) is 34.1 Å². The van der Waals surface area contributed by atoms with Crippen molar-refractivity contribution in [2.45, 2.75) is 6.54 Å². The zero-order chi connectivity index (χ0) is 14.1. The Labute approximate surface area is 128 Å². The molecular weight excluding hydrogens is 344 g/mol. The molecule has 5 nitrogen and oxygen atoms in total. The van der Waals surface area contributed by atoms with Gasteiger partial charge in [-0.3, -0.25) is 4.40 Å². The lowest BCUT2D eigenvalue weighted by molar-refractivity contribution is 0.475. The van der Waals surface area contributed by atoms with E-state index in [1.807, 2.05) is 10.6 Å². The molecule has 0 radical (unpaired) electrons. The Balaban J connectivity index is 1.83. The molecule has 0 saturated heterocycles. The van der Waals surface area contributed by atoms with Crippen molar-refractivity contribution in [3.05, 3.63) is 52.1 Å². The van der Waals surface area contributed by atoms with Crippen molar-refractivity contribution in [2.75, 3.05) is 5.32 Å². The maximum atomic E-state index is 9.38. The van der Waals surface area contributed by atoms with Crippen LogP contribution in [0, 0.1) is 0 Å². The highest BCUT2D eigenvalue weighted by Crippen LogP contribution is 2.26. The van der Waals surface area contributed by atoms with Gasteiger partial charge in [0, 0.05) is 11.9 Å². The van der Waals surface area contributed by atoms with Crippen LogP contribution in [0.25, 0.3) is 5.65 Å². The van der Waals surface area contributed by atoms with E-state index in [1.165, 1.54) is 0 Å². The van der Waals surface area contributed by atoms with Gasteiger partial charge < -0.3 is 10.4 Å². The molecule has 2 heterocycles. The second-order valence-corrected chi connectivity index (χ2v) is 5.43. The van der Waals surface area contributed by atoms with Crippen molar-refractivity contribution < 1.29 is 5.11 Å². The molecule has 0 saturated carbocycles. The van der Waals surface area contributed by atoms with Crippen LogP contribution in [0.5, 0.6) is 5.75 Å². The molecule has 2 N–H and O–H groups in total. The Morgan fingerprint density at radius 2 is 2.15 bits per heavy atom. The number of benzene rings is 1. The topological polar surface area (TPSA) is 62.5 Å². The van der Waals surface area contributed by atoms with Crippen molar-refractivity contribution in [1.82, 2.24) is 14.4 Å². The van der Waals surface area contributed by atoms with E-state index in [2.05, 4.69) is 31.2 Å². The molecule has 3 aromatic rings. The van der Waals surface area contributed by atoms with Crippen molar-refractivity contribution in [2.24, 2.45) is 0 Å². The largest absolute Gasteiger partial charge is 0.506 e. The standard InChI is InChI=1S/C13H10BrClN4O/c14-12-7-19-9(5-18-13(19)6-17-12)4-16-8-1-2-11(20)10(15)3-8/h1-3,5-7,16,20H,4H2. The fourth-order valence-electron chi connectivity index (χ4n) is 1.86. The van der Waals surface area contributed by atoms with Gasteiger partial charge in [0.2, 0.25) is 0 Å². The van der Waals surface area contributed by atoms with Gasteiger partial charge in [-0.2, -0.15) is 0 Å². The van der Waals surface area contributed by atoms with Crippen LogP contribution in [0.1, 0.15) is 5.69 Å². The number of nitrogens with one attached hydrogen (secondary N) is 1. The van der Waals surface area contributed by atoms with Gasteiger partial charge in [0.15, 0.2) is 5.65 Å². The van der Waals surface area contributed by atoms with Crippen LogP contribution in [-0.4, -0.2) is 19.5 Å². The minimum atomic E-state index is 0.0713. The van der Waals surface area contributed by atoms with E-state index in [0.29, 0.717) is 11.6 Å². The normalized spacial score (nSPS) is 10.9. The van der Waals surface area contributed by atoms with Gasteiger partial charge in [0.25, 0.3) is 0 Å². The predicted molar refractivity (Wildman–Crippen MR) is 81.1 cm³/mol. The Hall–Kier alpha value is -1.79. The minimum absolute atomic E-state index is 0.0713. The lowest BCUT2D eigenvalue weighted by atomic mass is 10.3. The lowest BCUT2D eigenvalue weighted by Gasteiger charge is -2.07. The van der Waals surface area contributed by atoms with E-state index < -0.39 is 0 Å². The number of aromatic hydroxyl groups is 1. The van der Waals surface area contributed by atoms with E-state index >= 15 is 0 Å². The first-order valence-corrected chi connectivity index (χ1v) is 7.00. The first kappa shape index (κ1) is 13.2. The number of rotatable bonds is 3. The fourth-order valence-corrected chi connectivity index (χ4v) is 2.34. The number of hydrogen-bond donors (Lipinski definition) is 2. The van der Waals surface area contributed by atoms with Crippen LogP contribution in [0.4, 0.5) is 5.69 Å². The highest BCUT2D eigenvalue weighted by Gasteiger charge is 2.05. The van der Waals surface area contributed by atoms with Gasteiger partial charge >= 0.3 is 0 Å². The van der Waals surface area contributed by atoms with Gasteiger partial charge in [-0.1, -0.05) is 11.6 Å². The predicted octanol–water partition coefficient (Wildman–Crippen LogP) is 3.46. The molecule has 0 atom stereocenters. The summed E-state index contributed by atoms with van der Waals surface area (Å²) in [6.45, 7) is 0.582. The van der Waals surface area contributed by atoms with Crippen LogP contribution in [0.3, 0.4) is 0 Å². The number of halogens is 2. The van der Waals surface area contributed by atoms with Gasteiger partial charge in [0.05, 0.1) is 29.7 Å². The summed E-state index contributed by atoms with van der Waals surface area (Å²) in [6, 6.07) is 5.00. The summed E-state index contributed by atoms with van der Waals surface area (Å²) in [5, 5.41) is 12.9. The van der Waals surface area contributed by atoms with E-state index in [4.69, 9.17) is 11.6 Å². The number of fused-ring (bicyclic) bond motifs is 1. The Morgan fingerprint density at radius 3 is 2.95 bits per heavy atom. The molecule has 0 bridgehead atoms. The second-order valence-electron chi connectivity index (χ2n) is 4.21. The number of phenolic OH excluding ortho intramolecular Hbond substituents is 1. The Kier molecular flexibility index (Phi) is 3.50. The summed E-state index contributed by atoms with van der Waals surface area (Å²) >= 11 is 9.21. The third kappa shape index (κ3) is 2.57. The Bertz CT molecular complexity index is 774. The van der Waals surface area contributed by atoms with Gasteiger partial charge in [-0.25, -0.2) is 9.97 Å². The number of aromatic nitrogens is 3.